The number of carbonyl (C=O) groups excluding carboxylic acids is 1. The van der Waals surface area contributed by atoms with Crippen molar-refractivity contribution in [3.63, 3.8) is 0 Å². The molecule has 9 heteroatoms. The number of halogens is 3. The number of pyridine rings is 1. The lowest BCUT2D eigenvalue weighted by Crippen LogP contribution is -2.42. The number of carbonyl (C=O) groups is 1. The Kier molecular flexibility index (Phi) is 3.55. The van der Waals surface area contributed by atoms with Crippen molar-refractivity contribution in [2.75, 3.05) is 6.54 Å². The first-order chi connectivity index (χ1) is 10.7. The highest BCUT2D eigenvalue weighted by Gasteiger charge is 2.40. The van der Waals surface area contributed by atoms with Crippen molar-refractivity contribution < 1.29 is 23.1 Å². The molecule has 3 rings (SSSR count). The van der Waals surface area contributed by atoms with Crippen molar-refractivity contribution >= 4 is 16.9 Å². The molecule has 1 aliphatic rings. The third kappa shape index (κ3) is 3.14. The van der Waals surface area contributed by atoms with Gasteiger partial charge in [-0.05, 0) is 25.7 Å². The molecule has 2 aromatic heterocycles. The molecule has 0 saturated heterocycles. The van der Waals surface area contributed by atoms with Crippen molar-refractivity contribution in [3.05, 3.63) is 23.8 Å². The van der Waals surface area contributed by atoms with Crippen LogP contribution in [-0.4, -0.2) is 38.1 Å². The molecule has 6 nitrogen and oxygen atoms in total. The number of hydrogen-bond donors (Lipinski definition) is 3. The van der Waals surface area contributed by atoms with Crippen LogP contribution >= 0.6 is 0 Å². The van der Waals surface area contributed by atoms with Gasteiger partial charge in [-0.2, -0.15) is 13.2 Å². The Hall–Kier alpha value is -2.16. The van der Waals surface area contributed by atoms with Crippen molar-refractivity contribution in [1.82, 2.24) is 20.3 Å². The number of imidazole rings is 1. The van der Waals surface area contributed by atoms with Crippen LogP contribution in [0.3, 0.4) is 0 Å². The summed E-state index contributed by atoms with van der Waals surface area (Å²) in [5, 5.41) is 12.7. The van der Waals surface area contributed by atoms with Crippen molar-refractivity contribution in [2.45, 2.75) is 31.5 Å². The molecule has 1 aliphatic carbocycles. The Labute approximate surface area is 129 Å². The summed E-state index contributed by atoms with van der Waals surface area (Å²) in [5.74, 6) is -1.66. The summed E-state index contributed by atoms with van der Waals surface area (Å²) in [5.41, 5.74) is -1.17. The standard InChI is InChI=1S/C14H15F3N4O2/c1-13(23,7-2-3-7)6-19-11(22)8-4-18-5-9-10(8)21-12(20-9)14(15,16)17/h4-5,7,23H,2-3,6H2,1H3,(H,19,22)(H,20,21). The van der Waals surface area contributed by atoms with Crippen LogP contribution in [0.25, 0.3) is 11.0 Å². The fourth-order valence-electron chi connectivity index (χ4n) is 2.44. The zero-order chi connectivity index (χ0) is 16.8. The molecule has 1 atom stereocenters. The molecule has 0 spiro atoms. The lowest BCUT2D eigenvalue weighted by molar-refractivity contribution is -0.144. The number of amides is 1. The van der Waals surface area contributed by atoms with Crippen LogP contribution in [0, 0.1) is 5.92 Å². The van der Waals surface area contributed by atoms with Gasteiger partial charge < -0.3 is 15.4 Å². The highest BCUT2D eigenvalue weighted by atomic mass is 19.4. The largest absolute Gasteiger partial charge is 0.449 e. The van der Waals surface area contributed by atoms with Gasteiger partial charge >= 0.3 is 6.18 Å². The first kappa shape index (κ1) is 15.7. The number of fused-ring (bicyclic) bond motifs is 1. The number of hydrogen-bond acceptors (Lipinski definition) is 4. The highest BCUT2D eigenvalue weighted by Crippen LogP contribution is 2.39. The topological polar surface area (TPSA) is 90.9 Å². The van der Waals surface area contributed by atoms with E-state index in [1.165, 1.54) is 6.20 Å². The van der Waals surface area contributed by atoms with E-state index in [4.69, 9.17) is 0 Å². The molecule has 0 aromatic carbocycles. The van der Waals surface area contributed by atoms with E-state index in [0.29, 0.717) is 0 Å². The van der Waals surface area contributed by atoms with Crippen LogP contribution < -0.4 is 5.32 Å². The molecule has 0 aliphatic heterocycles. The number of nitrogens with one attached hydrogen (secondary N) is 2. The molecule has 0 bridgehead atoms. The van der Waals surface area contributed by atoms with Gasteiger partial charge in [0.1, 0.15) is 5.52 Å². The predicted molar refractivity (Wildman–Crippen MR) is 74.6 cm³/mol. The second-order valence-electron chi connectivity index (χ2n) is 5.98. The maximum Gasteiger partial charge on any atom is 0.449 e. The van der Waals surface area contributed by atoms with Gasteiger partial charge in [0.15, 0.2) is 0 Å². The van der Waals surface area contributed by atoms with Gasteiger partial charge in [-0.3, -0.25) is 9.78 Å². The minimum Gasteiger partial charge on any atom is -0.388 e. The molecule has 1 unspecified atom stereocenters. The van der Waals surface area contributed by atoms with Crippen LogP contribution in [0.2, 0.25) is 0 Å². The summed E-state index contributed by atoms with van der Waals surface area (Å²) in [4.78, 5) is 21.5. The monoisotopic (exact) mass is 328 g/mol. The maximum atomic E-state index is 12.7. The van der Waals surface area contributed by atoms with Crippen molar-refractivity contribution in [1.29, 1.82) is 0 Å². The Morgan fingerprint density at radius 1 is 1.43 bits per heavy atom. The summed E-state index contributed by atoms with van der Waals surface area (Å²) in [6.07, 6.45) is -0.510. The first-order valence-electron chi connectivity index (χ1n) is 7.10. The number of aliphatic hydroxyl groups is 1. The average molecular weight is 328 g/mol. The van der Waals surface area contributed by atoms with Gasteiger partial charge in [0.25, 0.3) is 5.91 Å². The second kappa shape index (κ2) is 5.19. The van der Waals surface area contributed by atoms with Crippen LogP contribution in [0.5, 0.6) is 0 Å². The molecular formula is C14H15F3N4O2. The summed E-state index contributed by atoms with van der Waals surface area (Å²) in [6, 6.07) is 0. The third-order valence-electron chi connectivity index (χ3n) is 3.97. The van der Waals surface area contributed by atoms with Gasteiger partial charge in [0.2, 0.25) is 5.82 Å². The van der Waals surface area contributed by atoms with Crippen LogP contribution in [-0.2, 0) is 6.18 Å². The normalized spacial score (nSPS) is 18.0. The van der Waals surface area contributed by atoms with Crippen molar-refractivity contribution in [2.24, 2.45) is 5.92 Å². The summed E-state index contributed by atoms with van der Waals surface area (Å²) in [6.45, 7) is 1.64. The number of rotatable bonds is 4. The van der Waals surface area contributed by atoms with Crippen LogP contribution in [0.4, 0.5) is 13.2 Å². The van der Waals surface area contributed by atoms with E-state index in [1.807, 2.05) is 0 Å². The van der Waals surface area contributed by atoms with Gasteiger partial charge in [0.05, 0.1) is 22.9 Å². The smallest absolute Gasteiger partial charge is 0.388 e. The van der Waals surface area contributed by atoms with E-state index in [9.17, 15) is 23.1 Å². The maximum absolute atomic E-state index is 12.7. The Morgan fingerprint density at radius 2 is 2.13 bits per heavy atom. The zero-order valence-corrected chi connectivity index (χ0v) is 12.2. The third-order valence-corrected chi connectivity index (χ3v) is 3.97. The fraction of sp³-hybridized carbons (Fsp3) is 0.500. The van der Waals surface area contributed by atoms with Crippen molar-refractivity contribution in [3.8, 4) is 0 Å². The number of aromatic nitrogens is 3. The van der Waals surface area contributed by atoms with E-state index >= 15 is 0 Å². The fourth-order valence-corrected chi connectivity index (χ4v) is 2.44. The molecular weight excluding hydrogens is 313 g/mol. The van der Waals surface area contributed by atoms with E-state index in [1.54, 1.807) is 6.92 Å². The molecule has 1 amide bonds. The minimum atomic E-state index is -4.64. The van der Waals surface area contributed by atoms with E-state index in [0.717, 1.165) is 19.0 Å². The SMILES string of the molecule is CC(O)(CNC(=O)c1cncc2[nH]c(C(F)(F)F)nc12)C1CC1. The minimum absolute atomic E-state index is 0.0173. The highest BCUT2D eigenvalue weighted by molar-refractivity contribution is 6.04. The molecule has 124 valence electrons. The van der Waals surface area contributed by atoms with Gasteiger partial charge in [0, 0.05) is 12.7 Å². The Morgan fingerprint density at radius 3 is 2.74 bits per heavy atom. The van der Waals surface area contributed by atoms with Crippen LogP contribution in [0.1, 0.15) is 35.9 Å². The van der Waals surface area contributed by atoms with Gasteiger partial charge in [-0.1, -0.05) is 0 Å². The first-order valence-corrected chi connectivity index (χ1v) is 7.10. The molecule has 1 fully saturated rings. The number of alkyl halides is 3. The molecule has 1 saturated carbocycles. The molecule has 2 heterocycles. The summed E-state index contributed by atoms with van der Waals surface area (Å²) < 4.78 is 38.1. The van der Waals surface area contributed by atoms with E-state index in [-0.39, 0.29) is 29.1 Å². The molecule has 2 aromatic rings. The Balaban J connectivity index is 1.84. The Bertz CT molecular complexity index is 750. The number of aromatic amines is 1. The number of nitrogens with zero attached hydrogens (tertiary/aromatic N) is 2. The van der Waals surface area contributed by atoms with Crippen LogP contribution in [0.15, 0.2) is 12.4 Å². The number of H-pyrrole nitrogens is 1. The predicted octanol–water partition coefficient (Wildman–Crippen LogP) is 1.87. The summed E-state index contributed by atoms with van der Waals surface area (Å²) in [7, 11) is 0. The summed E-state index contributed by atoms with van der Waals surface area (Å²) >= 11 is 0. The quantitative estimate of drug-likeness (QED) is 0.799. The second-order valence-corrected chi connectivity index (χ2v) is 5.98. The van der Waals surface area contributed by atoms with Gasteiger partial charge in [-0.15, -0.1) is 0 Å². The van der Waals surface area contributed by atoms with Gasteiger partial charge in [-0.25, -0.2) is 4.98 Å². The molecule has 23 heavy (non-hydrogen) atoms. The van der Waals surface area contributed by atoms with E-state index < -0.39 is 23.5 Å². The molecule has 0 radical (unpaired) electrons. The lowest BCUT2D eigenvalue weighted by Gasteiger charge is -2.23. The zero-order valence-electron chi connectivity index (χ0n) is 12.2. The molecule has 3 N–H and O–H groups in total. The van der Waals surface area contributed by atoms with E-state index in [2.05, 4.69) is 20.3 Å². The average Bonchev–Trinajstić information content (AvgIpc) is 3.23. The lowest BCUT2D eigenvalue weighted by atomic mass is 10.0.